The van der Waals surface area contributed by atoms with Crippen molar-refractivity contribution in [2.45, 2.75) is 0 Å². The van der Waals surface area contributed by atoms with Crippen LogP contribution in [-0.4, -0.2) is 22.9 Å². The van der Waals surface area contributed by atoms with Crippen molar-refractivity contribution >= 4 is 51.6 Å². The van der Waals surface area contributed by atoms with Gasteiger partial charge in [-0.25, -0.2) is 4.98 Å². The summed E-state index contributed by atoms with van der Waals surface area (Å²) in [6.45, 7) is 0. The number of fused-ring (bicyclic) bond motifs is 1. The SMILES string of the molecule is COc1ccc(C(=O)Nc2ccc3oc(-c4cccc(Cl)c4Cl)nc3c2)cc1[N+](=O)[O-]. The minimum Gasteiger partial charge on any atom is -0.490 e. The molecule has 1 heterocycles. The molecule has 31 heavy (non-hydrogen) atoms. The highest BCUT2D eigenvalue weighted by Gasteiger charge is 2.19. The van der Waals surface area contributed by atoms with Crippen LogP contribution in [0.3, 0.4) is 0 Å². The summed E-state index contributed by atoms with van der Waals surface area (Å²) < 4.78 is 10.7. The van der Waals surface area contributed by atoms with E-state index in [1.807, 2.05) is 0 Å². The van der Waals surface area contributed by atoms with E-state index < -0.39 is 10.8 Å². The molecule has 0 fully saturated rings. The second-order valence-electron chi connectivity index (χ2n) is 6.40. The summed E-state index contributed by atoms with van der Waals surface area (Å²) >= 11 is 12.3. The topological polar surface area (TPSA) is 108 Å². The number of oxazole rings is 1. The van der Waals surface area contributed by atoms with Crippen LogP contribution in [0.1, 0.15) is 10.4 Å². The molecular formula is C21H13Cl2N3O5. The van der Waals surface area contributed by atoms with E-state index in [4.69, 9.17) is 32.4 Å². The van der Waals surface area contributed by atoms with E-state index >= 15 is 0 Å². The zero-order chi connectivity index (χ0) is 22.1. The number of benzene rings is 3. The Morgan fingerprint density at radius 1 is 1.16 bits per heavy atom. The maximum Gasteiger partial charge on any atom is 0.311 e. The van der Waals surface area contributed by atoms with E-state index in [1.54, 1.807) is 36.4 Å². The van der Waals surface area contributed by atoms with Gasteiger partial charge in [-0.05, 0) is 42.5 Å². The quantitative estimate of drug-likeness (QED) is 0.292. The van der Waals surface area contributed by atoms with Crippen LogP contribution < -0.4 is 10.1 Å². The van der Waals surface area contributed by atoms with Crippen LogP contribution in [0.4, 0.5) is 11.4 Å². The molecule has 156 valence electrons. The fourth-order valence-electron chi connectivity index (χ4n) is 2.97. The number of carbonyl (C=O) groups is 1. The molecule has 1 amide bonds. The molecule has 4 aromatic rings. The van der Waals surface area contributed by atoms with Gasteiger partial charge in [0.25, 0.3) is 5.91 Å². The maximum atomic E-state index is 12.6. The highest BCUT2D eigenvalue weighted by Crippen LogP contribution is 2.35. The number of nitro groups is 1. The summed E-state index contributed by atoms with van der Waals surface area (Å²) in [5.74, 6) is -0.166. The lowest BCUT2D eigenvalue weighted by Gasteiger charge is -2.06. The molecule has 1 aromatic heterocycles. The van der Waals surface area contributed by atoms with Crippen molar-refractivity contribution in [3.05, 3.63) is 80.3 Å². The van der Waals surface area contributed by atoms with Crippen molar-refractivity contribution in [2.24, 2.45) is 0 Å². The molecule has 0 spiro atoms. The molecule has 0 bridgehead atoms. The van der Waals surface area contributed by atoms with Gasteiger partial charge in [0.2, 0.25) is 5.89 Å². The average molecular weight is 458 g/mol. The number of rotatable bonds is 5. The Hall–Kier alpha value is -3.62. The number of ether oxygens (including phenoxy) is 1. The lowest BCUT2D eigenvalue weighted by molar-refractivity contribution is -0.385. The van der Waals surface area contributed by atoms with Gasteiger partial charge in [0.05, 0.1) is 27.6 Å². The number of methoxy groups -OCH3 is 1. The van der Waals surface area contributed by atoms with Crippen LogP contribution in [0.25, 0.3) is 22.6 Å². The van der Waals surface area contributed by atoms with E-state index in [0.717, 1.165) is 6.07 Å². The van der Waals surface area contributed by atoms with Gasteiger partial charge in [-0.15, -0.1) is 0 Å². The molecule has 0 unspecified atom stereocenters. The van der Waals surface area contributed by atoms with Gasteiger partial charge < -0.3 is 14.5 Å². The number of nitro benzene ring substituents is 1. The number of halogens is 2. The van der Waals surface area contributed by atoms with E-state index in [2.05, 4.69) is 10.3 Å². The second kappa shape index (κ2) is 8.25. The lowest BCUT2D eigenvalue weighted by Crippen LogP contribution is -2.12. The predicted octanol–water partition coefficient (Wildman–Crippen LogP) is 5.97. The third-order valence-electron chi connectivity index (χ3n) is 4.47. The average Bonchev–Trinajstić information content (AvgIpc) is 3.18. The Morgan fingerprint density at radius 2 is 1.97 bits per heavy atom. The van der Waals surface area contributed by atoms with Crippen LogP contribution in [0, 0.1) is 10.1 Å². The third kappa shape index (κ3) is 4.03. The summed E-state index contributed by atoms with van der Waals surface area (Å²) in [6.07, 6.45) is 0. The van der Waals surface area contributed by atoms with Gasteiger partial charge in [-0.1, -0.05) is 29.3 Å². The molecule has 1 N–H and O–H groups in total. The van der Waals surface area contributed by atoms with E-state index in [0.29, 0.717) is 32.4 Å². The molecule has 10 heteroatoms. The number of aromatic nitrogens is 1. The lowest BCUT2D eigenvalue weighted by atomic mass is 10.1. The van der Waals surface area contributed by atoms with Gasteiger partial charge in [-0.3, -0.25) is 14.9 Å². The van der Waals surface area contributed by atoms with Gasteiger partial charge >= 0.3 is 5.69 Å². The fraction of sp³-hybridized carbons (Fsp3) is 0.0476. The van der Waals surface area contributed by atoms with Crippen LogP contribution >= 0.6 is 23.2 Å². The Balaban J connectivity index is 1.62. The first kappa shape index (κ1) is 20.6. The molecular weight excluding hydrogens is 445 g/mol. The summed E-state index contributed by atoms with van der Waals surface area (Å²) in [7, 11) is 1.32. The van der Waals surface area contributed by atoms with Crippen molar-refractivity contribution in [3.63, 3.8) is 0 Å². The summed E-state index contributed by atoms with van der Waals surface area (Å²) in [4.78, 5) is 27.6. The van der Waals surface area contributed by atoms with Crippen molar-refractivity contribution < 1.29 is 18.9 Å². The minimum absolute atomic E-state index is 0.0674. The minimum atomic E-state index is -0.612. The molecule has 0 aliphatic carbocycles. The first-order chi connectivity index (χ1) is 14.9. The van der Waals surface area contributed by atoms with Gasteiger partial charge in [0, 0.05) is 17.3 Å². The van der Waals surface area contributed by atoms with Gasteiger partial charge in [0.1, 0.15) is 5.52 Å². The number of hydrogen-bond acceptors (Lipinski definition) is 6. The number of nitrogens with one attached hydrogen (secondary N) is 1. The zero-order valence-corrected chi connectivity index (χ0v) is 17.4. The van der Waals surface area contributed by atoms with Crippen LogP contribution in [-0.2, 0) is 0 Å². The van der Waals surface area contributed by atoms with E-state index in [1.165, 1.54) is 19.2 Å². The molecule has 0 atom stereocenters. The summed E-state index contributed by atoms with van der Waals surface area (Å²) in [5.41, 5.74) is 1.77. The molecule has 0 aliphatic heterocycles. The Kier molecular flexibility index (Phi) is 5.50. The Bertz CT molecular complexity index is 1340. The smallest absolute Gasteiger partial charge is 0.311 e. The molecule has 3 aromatic carbocycles. The monoisotopic (exact) mass is 457 g/mol. The number of carbonyl (C=O) groups excluding carboxylic acids is 1. The molecule has 0 aliphatic rings. The molecule has 0 radical (unpaired) electrons. The number of hydrogen-bond donors (Lipinski definition) is 1. The standard InChI is InChI=1S/C21H13Cl2N3O5/c1-30-18-7-5-11(9-16(18)26(28)29)20(27)24-12-6-8-17-15(10-12)25-21(31-17)13-3-2-4-14(22)19(13)23/h2-10H,1H3,(H,24,27). The Labute approximate surface area is 185 Å². The van der Waals surface area contributed by atoms with Gasteiger partial charge in [-0.2, -0.15) is 0 Å². The van der Waals surface area contributed by atoms with Crippen LogP contribution in [0.5, 0.6) is 5.75 Å². The maximum absolute atomic E-state index is 12.6. The van der Waals surface area contributed by atoms with Crippen molar-refractivity contribution in [3.8, 4) is 17.2 Å². The fourth-order valence-corrected chi connectivity index (χ4v) is 3.35. The normalized spacial score (nSPS) is 10.8. The highest BCUT2D eigenvalue weighted by atomic mass is 35.5. The molecule has 0 saturated carbocycles. The van der Waals surface area contributed by atoms with Crippen molar-refractivity contribution in [1.82, 2.24) is 4.98 Å². The second-order valence-corrected chi connectivity index (χ2v) is 7.19. The number of anilines is 1. The summed E-state index contributed by atoms with van der Waals surface area (Å²) in [5, 5.41) is 14.6. The first-order valence-electron chi connectivity index (χ1n) is 8.86. The molecule has 8 nitrogen and oxygen atoms in total. The highest BCUT2D eigenvalue weighted by molar-refractivity contribution is 6.43. The van der Waals surface area contributed by atoms with E-state index in [9.17, 15) is 14.9 Å². The first-order valence-corrected chi connectivity index (χ1v) is 9.61. The molecule has 0 saturated heterocycles. The third-order valence-corrected chi connectivity index (χ3v) is 5.28. The van der Waals surface area contributed by atoms with Crippen molar-refractivity contribution in [1.29, 1.82) is 0 Å². The van der Waals surface area contributed by atoms with Crippen LogP contribution in [0.15, 0.2) is 59.0 Å². The largest absolute Gasteiger partial charge is 0.490 e. The number of nitrogens with zero attached hydrogens (tertiary/aromatic N) is 2. The van der Waals surface area contributed by atoms with Gasteiger partial charge in [0.15, 0.2) is 11.3 Å². The zero-order valence-electron chi connectivity index (χ0n) is 15.9. The number of amides is 1. The van der Waals surface area contributed by atoms with Crippen molar-refractivity contribution in [2.75, 3.05) is 12.4 Å². The van der Waals surface area contributed by atoms with Crippen LogP contribution in [0.2, 0.25) is 10.0 Å². The summed E-state index contributed by atoms with van der Waals surface area (Å²) in [6, 6.07) is 14.0. The molecule has 4 rings (SSSR count). The van der Waals surface area contributed by atoms with E-state index in [-0.39, 0.29) is 22.9 Å². The predicted molar refractivity (Wildman–Crippen MR) is 117 cm³/mol. The Morgan fingerprint density at radius 3 is 2.71 bits per heavy atom.